The van der Waals surface area contributed by atoms with Gasteiger partial charge in [-0.05, 0) is 32.9 Å². The van der Waals surface area contributed by atoms with E-state index in [-0.39, 0.29) is 5.97 Å². The average molecular weight is 251 g/mol. The molecule has 18 heavy (non-hydrogen) atoms. The second-order valence-electron chi connectivity index (χ2n) is 4.78. The molecule has 4 nitrogen and oxygen atoms in total. The van der Waals surface area contributed by atoms with Gasteiger partial charge >= 0.3 is 5.97 Å². The van der Waals surface area contributed by atoms with Gasteiger partial charge in [-0.15, -0.1) is 0 Å². The van der Waals surface area contributed by atoms with E-state index in [2.05, 4.69) is 0 Å². The number of hydrogen-bond donors (Lipinski definition) is 0. The Labute approximate surface area is 108 Å². The van der Waals surface area contributed by atoms with E-state index in [1.807, 2.05) is 20.8 Å². The van der Waals surface area contributed by atoms with Crippen molar-refractivity contribution < 1.29 is 19.0 Å². The number of rotatable bonds is 4. The highest BCUT2D eigenvalue weighted by atomic mass is 16.7. The van der Waals surface area contributed by atoms with E-state index in [4.69, 9.17) is 14.2 Å². The summed E-state index contributed by atoms with van der Waals surface area (Å²) in [6.07, 6.45) is 0.361. The fraction of sp³-hybridized carbons (Fsp3) is 0.429. The maximum Gasteiger partial charge on any atom is 0.338 e. The molecule has 0 heterocycles. The van der Waals surface area contributed by atoms with Gasteiger partial charge in [0.2, 0.25) is 0 Å². The minimum absolute atomic E-state index is 0.361. The Morgan fingerprint density at radius 2 is 1.61 bits per heavy atom. The van der Waals surface area contributed by atoms with E-state index in [9.17, 15) is 4.79 Å². The van der Waals surface area contributed by atoms with Crippen LogP contribution in [0.5, 0.6) is 0 Å². The maximum absolute atomic E-state index is 11.9. The number of hydrogen-bond acceptors (Lipinski definition) is 4. The van der Waals surface area contributed by atoms with E-state index in [0.29, 0.717) is 17.4 Å². The van der Waals surface area contributed by atoms with Gasteiger partial charge in [-0.25, -0.2) is 4.79 Å². The van der Waals surface area contributed by atoms with Crippen molar-refractivity contribution in [3.63, 3.8) is 0 Å². The number of carbonyl (C=O) groups is 1. The minimum Gasteiger partial charge on any atom is -0.456 e. The van der Waals surface area contributed by atoms with Crippen LogP contribution < -0.4 is 0 Å². The molecule has 0 saturated heterocycles. The topological polar surface area (TPSA) is 44.8 Å². The summed E-state index contributed by atoms with van der Waals surface area (Å²) in [5, 5.41) is 0. The van der Waals surface area contributed by atoms with Gasteiger partial charge in [-0.3, -0.25) is 0 Å². The third-order valence-electron chi connectivity index (χ3n) is 2.10. The average Bonchev–Trinajstić information content (AvgIpc) is 2.29. The lowest BCUT2D eigenvalue weighted by molar-refractivity contribution is 0.00683. The SMILES string of the molecule is CO[C](OC)c1cccc(C(=O)OC(C)(C)C)c1. The van der Waals surface area contributed by atoms with Crippen LogP contribution in [0.3, 0.4) is 0 Å². The quantitative estimate of drug-likeness (QED) is 0.772. The molecule has 1 aromatic carbocycles. The molecule has 1 rings (SSSR count). The van der Waals surface area contributed by atoms with E-state index < -0.39 is 5.60 Å². The summed E-state index contributed by atoms with van der Waals surface area (Å²) in [7, 11) is 3.03. The molecule has 0 spiro atoms. The van der Waals surface area contributed by atoms with Crippen molar-refractivity contribution in [2.75, 3.05) is 14.2 Å². The van der Waals surface area contributed by atoms with Crippen molar-refractivity contribution in [2.45, 2.75) is 26.4 Å². The standard InChI is InChI=1S/C14H19O4/c1-14(2,3)18-12(15)10-7-6-8-11(9-10)13(16-4)17-5/h6-9H,1-5H3. The van der Waals surface area contributed by atoms with Gasteiger partial charge in [0, 0.05) is 19.8 Å². The fourth-order valence-corrected chi connectivity index (χ4v) is 1.43. The van der Waals surface area contributed by atoms with Crippen LogP contribution in [0.4, 0.5) is 0 Å². The summed E-state index contributed by atoms with van der Waals surface area (Å²) in [6, 6.07) is 6.93. The van der Waals surface area contributed by atoms with E-state index in [0.717, 1.165) is 0 Å². The van der Waals surface area contributed by atoms with Crippen LogP contribution in [0, 0.1) is 6.29 Å². The molecule has 1 radical (unpaired) electrons. The van der Waals surface area contributed by atoms with Crippen LogP contribution in [0.25, 0.3) is 0 Å². The molecule has 99 valence electrons. The van der Waals surface area contributed by atoms with E-state index >= 15 is 0 Å². The van der Waals surface area contributed by atoms with Gasteiger partial charge < -0.3 is 14.2 Å². The smallest absolute Gasteiger partial charge is 0.338 e. The molecular weight excluding hydrogens is 232 g/mol. The molecule has 0 fully saturated rings. The molecular formula is C14H19O4. The van der Waals surface area contributed by atoms with Gasteiger partial charge in [0.25, 0.3) is 6.29 Å². The third kappa shape index (κ3) is 4.13. The van der Waals surface area contributed by atoms with Crippen LogP contribution in [0.1, 0.15) is 36.7 Å². The van der Waals surface area contributed by atoms with Crippen molar-refractivity contribution in [3.05, 3.63) is 41.7 Å². The molecule has 0 N–H and O–H groups in total. The third-order valence-corrected chi connectivity index (χ3v) is 2.10. The lowest BCUT2D eigenvalue weighted by atomic mass is 10.1. The molecule has 0 atom stereocenters. The summed E-state index contributed by atoms with van der Waals surface area (Å²) in [5.74, 6) is -0.365. The van der Waals surface area contributed by atoms with Crippen molar-refractivity contribution in [1.29, 1.82) is 0 Å². The summed E-state index contributed by atoms with van der Waals surface area (Å²) < 4.78 is 15.4. The molecule has 0 unspecified atom stereocenters. The first-order valence-corrected chi connectivity index (χ1v) is 5.66. The fourth-order valence-electron chi connectivity index (χ4n) is 1.43. The lowest BCUT2D eigenvalue weighted by Crippen LogP contribution is -2.24. The van der Waals surface area contributed by atoms with Crippen molar-refractivity contribution in [3.8, 4) is 0 Å². The van der Waals surface area contributed by atoms with Crippen LogP contribution >= 0.6 is 0 Å². The summed E-state index contributed by atoms with van der Waals surface area (Å²) >= 11 is 0. The number of carbonyl (C=O) groups excluding carboxylic acids is 1. The first-order valence-electron chi connectivity index (χ1n) is 5.66. The Bertz CT molecular complexity index is 403. The van der Waals surface area contributed by atoms with Crippen LogP contribution in [0.2, 0.25) is 0 Å². The Morgan fingerprint density at radius 1 is 1.06 bits per heavy atom. The number of methoxy groups -OCH3 is 2. The highest BCUT2D eigenvalue weighted by Gasteiger charge is 2.19. The molecule has 0 saturated carbocycles. The van der Waals surface area contributed by atoms with Crippen molar-refractivity contribution >= 4 is 5.97 Å². The molecule has 0 amide bonds. The Balaban J connectivity index is 2.91. The molecule has 0 aliphatic rings. The zero-order valence-corrected chi connectivity index (χ0v) is 11.4. The summed E-state index contributed by atoms with van der Waals surface area (Å²) in [5.41, 5.74) is 0.652. The van der Waals surface area contributed by atoms with Gasteiger partial charge in [0.05, 0.1) is 5.56 Å². The zero-order valence-electron chi connectivity index (χ0n) is 11.4. The number of ether oxygens (including phenoxy) is 3. The zero-order chi connectivity index (χ0) is 13.8. The second-order valence-corrected chi connectivity index (χ2v) is 4.78. The van der Waals surface area contributed by atoms with Gasteiger partial charge in [-0.2, -0.15) is 0 Å². The Kier molecular flexibility index (Phi) is 4.87. The molecule has 4 heteroatoms. The molecule has 0 aliphatic carbocycles. The predicted octanol–water partition coefficient (Wildman–Crippen LogP) is 2.77. The maximum atomic E-state index is 11.9. The largest absolute Gasteiger partial charge is 0.456 e. The van der Waals surface area contributed by atoms with Crippen LogP contribution in [-0.4, -0.2) is 25.8 Å². The molecule has 1 aromatic rings. The minimum atomic E-state index is -0.512. The first-order chi connectivity index (χ1) is 8.37. The summed E-state index contributed by atoms with van der Waals surface area (Å²) in [4.78, 5) is 11.9. The molecule has 0 aliphatic heterocycles. The monoisotopic (exact) mass is 251 g/mol. The number of benzene rings is 1. The van der Waals surface area contributed by atoms with E-state index in [1.165, 1.54) is 14.2 Å². The molecule has 0 aromatic heterocycles. The highest BCUT2D eigenvalue weighted by molar-refractivity contribution is 5.90. The first kappa shape index (κ1) is 14.7. The van der Waals surface area contributed by atoms with Crippen LogP contribution in [-0.2, 0) is 14.2 Å². The summed E-state index contributed by atoms with van der Waals surface area (Å²) in [6.45, 7) is 5.49. The van der Waals surface area contributed by atoms with Crippen LogP contribution in [0.15, 0.2) is 24.3 Å². The van der Waals surface area contributed by atoms with Gasteiger partial charge in [0.15, 0.2) is 0 Å². The number of esters is 1. The van der Waals surface area contributed by atoms with Crippen molar-refractivity contribution in [1.82, 2.24) is 0 Å². The Morgan fingerprint density at radius 3 is 2.11 bits per heavy atom. The predicted molar refractivity (Wildman–Crippen MR) is 68.0 cm³/mol. The lowest BCUT2D eigenvalue weighted by Gasteiger charge is -2.20. The van der Waals surface area contributed by atoms with Gasteiger partial charge in [-0.1, -0.05) is 12.1 Å². The normalized spacial score (nSPS) is 11.7. The van der Waals surface area contributed by atoms with E-state index in [1.54, 1.807) is 24.3 Å². The molecule has 0 bridgehead atoms. The van der Waals surface area contributed by atoms with Gasteiger partial charge in [0.1, 0.15) is 5.60 Å². The second kappa shape index (κ2) is 5.98. The highest BCUT2D eigenvalue weighted by Crippen LogP contribution is 2.19. The van der Waals surface area contributed by atoms with Crippen molar-refractivity contribution in [2.24, 2.45) is 0 Å². The Hall–Kier alpha value is -1.39.